The highest BCUT2D eigenvalue weighted by Crippen LogP contribution is 2.38. The molecule has 0 radical (unpaired) electrons. The number of amides is 2. The van der Waals surface area contributed by atoms with Gasteiger partial charge in [0.05, 0.1) is 13.2 Å². The summed E-state index contributed by atoms with van der Waals surface area (Å²) < 4.78 is 10.0. The summed E-state index contributed by atoms with van der Waals surface area (Å²) in [4.78, 5) is 26.8. The molecule has 0 saturated carbocycles. The van der Waals surface area contributed by atoms with Crippen molar-refractivity contribution in [2.24, 2.45) is 0 Å². The van der Waals surface area contributed by atoms with Crippen LogP contribution in [-0.2, 0) is 9.47 Å². The molecule has 2 rings (SSSR count). The van der Waals surface area contributed by atoms with E-state index in [1.807, 2.05) is 13.8 Å². The van der Waals surface area contributed by atoms with E-state index in [-0.39, 0.29) is 23.5 Å². The van der Waals surface area contributed by atoms with Crippen LogP contribution in [0.25, 0.3) is 0 Å². The molecule has 0 bridgehead atoms. The zero-order valence-corrected chi connectivity index (χ0v) is 13.0. The van der Waals surface area contributed by atoms with Gasteiger partial charge in [0.1, 0.15) is 8.07 Å². The second kappa shape index (κ2) is 5.03. The monoisotopic (exact) mass is 286 g/mol. The van der Waals surface area contributed by atoms with Crippen LogP contribution in [0.3, 0.4) is 0 Å². The van der Waals surface area contributed by atoms with Crippen molar-refractivity contribution < 1.29 is 19.1 Å². The summed E-state index contributed by atoms with van der Waals surface area (Å²) in [5.74, 6) is 0. The summed E-state index contributed by atoms with van der Waals surface area (Å²) in [6.07, 6.45) is -0.451. The van der Waals surface area contributed by atoms with Crippen LogP contribution in [0.4, 0.5) is 9.59 Å². The minimum Gasteiger partial charge on any atom is -0.450 e. The Morgan fingerprint density at radius 2 is 1.37 bits per heavy atom. The molecule has 0 aromatic heterocycles. The number of hydrogen-bond donors (Lipinski definition) is 0. The molecule has 6 nitrogen and oxygen atoms in total. The van der Waals surface area contributed by atoms with Gasteiger partial charge in [0.25, 0.3) is 0 Å². The van der Waals surface area contributed by atoms with Gasteiger partial charge in [0.2, 0.25) is 0 Å². The molecule has 0 aromatic rings. The van der Waals surface area contributed by atoms with Crippen molar-refractivity contribution in [3.8, 4) is 0 Å². The molecular formula is C12H22N2O4Si. The molecule has 2 amide bonds. The Morgan fingerprint density at radius 1 is 1.00 bits per heavy atom. The quantitative estimate of drug-likeness (QED) is 0.580. The minimum absolute atomic E-state index is 0.226. The van der Waals surface area contributed by atoms with E-state index in [0.29, 0.717) is 13.2 Å². The second-order valence-corrected chi connectivity index (χ2v) is 10.5. The Kier molecular flexibility index (Phi) is 3.75. The predicted octanol–water partition coefficient (Wildman–Crippen LogP) is 1.45. The second-order valence-electron chi connectivity index (χ2n) is 5.56. The van der Waals surface area contributed by atoms with Gasteiger partial charge in [-0.1, -0.05) is 13.1 Å². The first kappa shape index (κ1) is 14.2. The first-order valence-electron chi connectivity index (χ1n) is 6.80. The number of ether oxygens (including phenoxy) is 2. The van der Waals surface area contributed by atoms with Crippen molar-refractivity contribution in [1.29, 1.82) is 0 Å². The van der Waals surface area contributed by atoms with Crippen molar-refractivity contribution in [2.45, 2.75) is 38.3 Å². The van der Waals surface area contributed by atoms with E-state index in [9.17, 15) is 9.59 Å². The van der Waals surface area contributed by atoms with Crippen molar-refractivity contribution in [2.75, 3.05) is 26.3 Å². The van der Waals surface area contributed by atoms with Crippen LogP contribution >= 0.6 is 0 Å². The third-order valence-electron chi connectivity index (χ3n) is 3.95. The Morgan fingerprint density at radius 3 is 1.68 bits per heavy atom. The summed E-state index contributed by atoms with van der Waals surface area (Å²) >= 11 is 0. The molecule has 0 spiro atoms. The van der Waals surface area contributed by atoms with Gasteiger partial charge < -0.3 is 19.3 Å². The maximum absolute atomic E-state index is 11.6. The molecule has 2 heterocycles. The highest BCUT2D eigenvalue weighted by molar-refractivity contribution is 6.82. The summed E-state index contributed by atoms with van der Waals surface area (Å²) in [7, 11) is -1.70. The molecule has 2 saturated heterocycles. The first-order valence-corrected chi connectivity index (χ1v) is 9.95. The molecule has 2 aliphatic heterocycles. The molecule has 2 atom stereocenters. The van der Waals surface area contributed by atoms with Gasteiger partial charge in [-0.3, -0.25) is 0 Å². The lowest BCUT2D eigenvalue weighted by Gasteiger charge is -2.21. The Balaban J connectivity index is 1.88. The van der Waals surface area contributed by atoms with Gasteiger partial charge >= 0.3 is 12.2 Å². The highest BCUT2D eigenvalue weighted by atomic mass is 28.3. The van der Waals surface area contributed by atoms with Gasteiger partial charge in [-0.2, -0.15) is 0 Å². The lowest BCUT2D eigenvalue weighted by Crippen LogP contribution is -2.46. The average molecular weight is 286 g/mol. The van der Waals surface area contributed by atoms with Crippen LogP contribution in [0.15, 0.2) is 0 Å². The van der Waals surface area contributed by atoms with Crippen LogP contribution in [0.2, 0.25) is 13.1 Å². The standard InChI is InChI=1S/C12H22N2O4Si/c1-5-17-11(15)13-7-9(13)19(3,4)10-8-14(10)12(16)18-6-2/h9-10H,5-8H2,1-4H3. The minimum atomic E-state index is -1.70. The average Bonchev–Trinajstić information content (AvgIpc) is 3.21. The van der Waals surface area contributed by atoms with Gasteiger partial charge in [-0.05, 0) is 13.8 Å². The van der Waals surface area contributed by atoms with E-state index in [4.69, 9.17) is 9.47 Å². The van der Waals surface area contributed by atoms with Gasteiger partial charge in [-0.25, -0.2) is 9.59 Å². The SMILES string of the molecule is CCOC(=O)N1CC1[Si](C)(C)C1CN1C(=O)OCC. The molecule has 19 heavy (non-hydrogen) atoms. The molecule has 7 heteroatoms. The largest absolute Gasteiger partial charge is 0.450 e. The molecule has 0 aromatic carbocycles. The molecule has 0 N–H and O–H groups in total. The zero-order valence-electron chi connectivity index (χ0n) is 12.0. The Bertz CT molecular complexity index is 354. The van der Waals surface area contributed by atoms with Gasteiger partial charge in [-0.15, -0.1) is 0 Å². The van der Waals surface area contributed by atoms with Crippen molar-refractivity contribution in [3.63, 3.8) is 0 Å². The maximum Gasteiger partial charge on any atom is 0.409 e. The topological polar surface area (TPSA) is 58.6 Å². The van der Waals surface area contributed by atoms with Crippen molar-refractivity contribution in [3.05, 3.63) is 0 Å². The smallest absolute Gasteiger partial charge is 0.409 e. The van der Waals surface area contributed by atoms with Crippen LogP contribution in [0.1, 0.15) is 13.8 Å². The van der Waals surface area contributed by atoms with E-state index >= 15 is 0 Å². The number of rotatable bonds is 4. The van der Waals surface area contributed by atoms with E-state index in [1.54, 1.807) is 9.80 Å². The molecule has 2 unspecified atom stereocenters. The van der Waals surface area contributed by atoms with Crippen molar-refractivity contribution in [1.82, 2.24) is 9.80 Å². The number of nitrogens with zero attached hydrogens (tertiary/aromatic N) is 2. The molecular weight excluding hydrogens is 264 g/mol. The molecule has 2 aliphatic rings. The summed E-state index contributed by atoms with van der Waals surface area (Å²) in [6, 6.07) is 0. The third-order valence-corrected chi connectivity index (χ3v) is 8.37. The lowest BCUT2D eigenvalue weighted by atomic mass is 10.9. The van der Waals surface area contributed by atoms with E-state index < -0.39 is 8.07 Å². The number of carbonyl (C=O) groups is 2. The Labute approximate surface area is 114 Å². The fourth-order valence-corrected chi connectivity index (χ4v) is 6.19. The number of hydrogen-bond acceptors (Lipinski definition) is 4. The van der Waals surface area contributed by atoms with Crippen LogP contribution < -0.4 is 0 Å². The number of carbonyl (C=O) groups excluding carboxylic acids is 2. The summed E-state index contributed by atoms with van der Waals surface area (Å²) in [5, 5.41) is 0. The predicted molar refractivity (Wildman–Crippen MR) is 72.5 cm³/mol. The highest BCUT2D eigenvalue weighted by Gasteiger charge is 2.61. The van der Waals surface area contributed by atoms with E-state index in [1.165, 1.54) is 0 Å². The molecule has 2 fully saturated rings. The zero-order chi connectivity index (χ0) is 14.2. The normalized spacial score (nSPS) is 25.1. The first-order chi connectivity index (χ1) is 8.93. The van der Waals surface area contributed by atoms with E-state index in [0.717, 1.165) is 13.1 Å². The molecule has 108 valence electrons. The van der Waals surface area contributed by atoms with Crippen molar-refractivity contribution >= 4 is 20.3 Å². The van der Waals surface area contributed by atoms with E-state index in [2.05, 4.69) is 13.1 Å². The van der Waals surface area contributed by atoms with Gasteiger partial charge in [0, 0.05) is 24.4 Å². The Hall–Kier alpha value is -1.24. The third kappa shape index (κ3) is 2.70. The van der Waals surface area contributed by atoms with Gasteiger partial charge in [0.15, 0.2) is 0 Å². The maximum atomic E-state index is 11.6. The van der Waals surface area contributed by atoms with Crippen LogP contribution in [0, 0.1) is 0 Å². The summed E-state index contributed by atoms with van der Waals surface area (Å²) in [5.41, 5.74) is 0.576. The fraction of sp³-hybridized carbons (Fsp3) is 0.833. The fourth-order valence-electron chi connectivity index (χ4n) is 2.59. The lowest BCUT2D eigenvalue weighted by molar-refractivity contribution is 0.136. The van der Waals surface area contributed by atoms with Crippen LogP contribution in [0.5, 0.6) is 0 Å². The molecule has 0 aliphatic carbocycles. The van der Waals surface area contributed by atoms with Crippen LogP contribution in [-0.4, -0.2) is 67.7 Å². The summed E-state index contributed by atoms with van der Waals surface area (Å²) in [6.45, 7) is 10.4.